The highest BCUT2D eigenvalue weighted by Gasteiger charge is 2.15. The molecule has 0 saturated heterocycles. The number of nitrogens with one attached hydrogen (secondary N) is 1. The Kier molecular flexibility index (Phi) is 5.99. The monoisotopic (exact) mass is 446 g/mol. The molecule has 0 aliphatic carbocycles. The Hall–Kier alpha value is -4.34. The number of hydrogen-bond donors (Lipinski definition) is 1. The Bertz CT molecular complexity index is 1410. The van der Waals surface area contributed by atoms with Gasteiger partial charge in [-0.1, -0.05) is 30.3 Å². The summed E-state index contributed by atoms with van der Waals surface area (Å²) in [6.07, 6.45) is 1.27. The van der Waals surface area contributed by atoms with Crippen molar-refractivity contribution in [1.82, 2.24) is 24.6 Å². The van der Waals surface area contributed by atoms with Gasteiger partial charge in [0.25, 0.3) is 11.2 Å². The minimum atomic E-state index is -0.578. The molecule has 2 aromatic heterocycles. The van der Waals surface area contributed by atoms with Gasteiger partial charge < -0.3 is 5.32 Å². The molecule has 0 unspecified atom stereocenters. The van der Waals surface area contributed by atoms with E-state index in [4.69, 9.17) is 0 Å². The first-order chi connectivity index (χ1) is 15.8. The van der Waals surface area contributed by atoms with Crippen LogP contribution in [-0.4, -0.2) is 30.2 Å². The number of amides is 1. The Balaban J connectivity index is 1.47. The molecule has 0 bridgehead atoms. The van der Waals surface area contributed by atoms with Crippen molar-refractivity contribution in [2.24, 2.45) is 0 Å². The average molecular weight is 446 g/mol. The van der Waals surface area contributed by atoms with Gasteiger partial charge in [-0.25, -0.2) is 4.98 Å². The second-order valence-corrected chi connectivity index (χ2v) is 7.71. The molecule has 2 heterocycles. The summed E-state index contributed by atoms with van der Waals surface area (Å²) in [5.41, 5.74) is 3.43. The van der Waals surface area contributed by atoms with Gasteiger partial charge in [0.1, 0.15) is 6.54 Å². The maximum absolute atomic E-state index is 12.7. The minimum absolute atomic E-state index is 0.0911. The zero-order chi connectivity index (χ0) is 23.5. The molecular weight excluding hydrogens is 424 g/mol. The zero-order valence-electron chi connectivity index (χ0n) is 18.2. The van der Waals surface area contributed by atoms with Crippen molar-refractivity contribution in [3.63, 3.8) is 0 Å². The summed E-state index contributed by atoms with van der Waals surface area (Å²) in [7, 11) is 0. The molecule has 0 saturated carbocycles. The van der Waals surface area contributed by atoms with Crippen LogP contribution in [0.3, 0.4) is 0 Å². The third-order valence-electron chi connectivity index (χ3n) is 5.50. The van der Waals surface area contributed by atoms with Crippen molar-refractivity contribution in [2.45, 2.75) is 33.5 Å². The third-order valence-corrected chi connectivity index (χ3v) is 5.50. The number of rotatable bonds is 7. The van der Waals surface area contributed by atoms with E-state index in [2.05, 4.69) is 15.4 Å². The molecule has 1 N–H and O–H groups in total. The van der Waals surface area contributed by atoms with Crippen molar-refractivity contribution in [2.75, 3.05) is 0 Å². The van der Waals surface area contributed by atoms with Gasteiger partial charge in [-0.05, 0) is 25.5 Å². The number of carbonyl (C=O) groups excluding carboxylic acids is 1. The van der Waals surface area contributed by atoms with Crippen molar-refractivity contribution in [3.05, 3.63) is 97.8 Å². The van der Waals surface area contributed by atoms with Gasteiger partial charge in [0, 0.05) is 29.9 Å². The highest BCUT2D eigenvalue weighted by Crippen LogP contribution is 2.17. The highest BCUT2D eigenvalue weighted by molar-refractivity contribution is 5.80. The van der Waals surface area contributed by atoms with Crippen LogP contribution in [-0.2, 0) is 24.4 Å². The molecule has 0 atom stereocenters. The van der Waals surface area contributed by atoms with E-state index in [1.54, 1.807) is 0 Å². The van der Waals surface area contributed by atoms with Crippen LogP contribution in [0.5, 0.6) is 0 Å². The van der Waals surface area contributed by atoms with Gasteiger partial charge in [-0.15, -0.1) is 0 Å². The van der Waals surface area contributed by atoms with E-state index in [9.17, 15) is 19.7 Å². The maximum Gasteiger partial charge on any atom is 0.270 e. The normalized spacial score (nSPS) is 11.0. The zero-order valence-corrected chi connectivity index (χ0v) is 18.2. The van der Waals surface area contributed by atoms with Crippen LogP contribution in [0.2, 0.25) is 0 Å². The van der Waals surface area contributed by atoms with Crippen molar-refractivity contribution in [1.29, 1.82) is 0 Å². The van der Waals surface area contributed by atoms with E-state index in [0.29, 0.717) is 12.1 Å². The number of nitrogens with zero attached hydrogens (tertiary/aromatic N) is 5. The predicted octanol–water partition coefficient (Wildman–Crippen LogP) is 2.48. The Morgan fingerprint density at radius 1 is 1.15 bits per heavy atom. The Morgan fingerprint density at radius 3 is 2.64 bits per heavy atom. The molecule has 33 heavy (non-hydrogen) atoms. The molecular formula is C23H22N6O4. The standard InChI is InChI=1S/C23H22N6O4/c1-15-20(16(2)28(26-15)12-17-6-4-3-5-7-17)11-24-22(30)13-27-14-25-21-9-8-18(29(32)33)10-19(21)23(27)31/h3-10,14H,11-13H2,1-2H3,(H,24,30). The maximum atomic E-state index is 12.7. The summed E-state index contributed by atoms with van der Waals surface area (Å²) < 4.78 is 3.04. The summed E-state index contributed by atoms with van der Waals surface area (Å²) in [5, 5.41) is 18.5. The second-order valence-electron chi connectivity index (χ2n) is 7.71. The van der Waals surface area contributed by atoms with Crippen LogP contribution in [0, 0.1) is 24.0 Å². The number of nitro groups is 1. The molecule has 10 heteroatoms. The van der Waals surface area contributed by atoms with Crippen LogP contribution in [0.4, 0.5) is 5.69 Å². The van der Waals surface area contributed by atoms with Crippen LogP contribution < -0.4 is 10.9 Å². The van der Waals surface area contributed by atoms with Gasteiger partial charge in [0.05, 0.1) is 34.4 Å². The van der Waals surface area contributed by atoms with Gasteiger partial charge >= 0.3 is 0 Å². The van der Waals surface area contributed by atoms with Gasteiger partial charge in [-0.2, -0.15) is 5.10 Å². The molecule has 1 amide bonds. The number of nitro benzene ring substituents is 1. The van der Waals surface area contributed by atoms with Crippen LogP contribution in [0.15, 0.2) is 59.7 Å². The van der Waals surface area contributed by atoms with Crippen molar-refractivity contribution >= 4 is 22.5 Å². The fourth-order valence-electron chi connectivity index (χ4n) is 3.67. The number of carbonyl (C=O) groups is 1. The molecule has 10 nitrogen and oxygen atoms in total. The second kappa shape index (κ2) is 9.03. The number of aromatic nitrogens is 4. The smallest absolute Gasteiger partial charge is 0.270 e. The summed E-state index contributed by atoms with van der Waals surface area (Å²) in [6, 6.07) is 13.8. The SMILES string of the molecule is Cc1nn(Cc2ccccc2)c(C)c1CNC(=O)Cn1cnc2ccc([N+](=O)[O-])cc2c1=O. The molecule has 2 aromatic carbocycles. The number of hydrogen-bond acceptors (Lipinski definition) is 6. The molecule has 0 aliphatic heterocycles. The topological polar surface area (TPSA) is 125 Å². The fourth-order valence-corrected chi connectivity index (χ4v) is 3.67. The average Bonchev–Trinajstić information content (AvgIpc) is 3.07. The third kappa shape index (κ3) is 4.64. The van der Waals surface area contributed by atoms with Gasteiger partial charge in [-0.3, -0.25) is 29.0 Å². The van der Waals surface area contributed by atoms with Gasteiger partial charge in [0.15, 0.2) is 0 Å². The van der Waals surface area contributed by atoms with E-state index in [1.807, 2.05) is 48.9 Å². The first-order valence-corrected chi connectivity index (χ1v) is 10.3. The Labute approximate surface area is 188 Å². The first-order valence-electron chi connectivity index (χ1n) is 10.3. The van der Waals surface area contributed by atoms with Crippen LogP contribution in [0.1, 0.15) is 22.5 Å². The van der Waals surface area contributed by atoms with E-state index < -0.39 is 10.5 Å². The van der Waals surface area contributed by atoms with Crippen molar-refractivity contribution in [3.8, 4) is 0 Å². The molecule has 0 spiro atoms. The van der Waals surface area contributed by atoms with Gasteiger partial charge in [0.2, 0.25) is 5.91 Å². The molecule has 0 radical (unpaired) electrons. The lowest BCUT2D eigenvalue weighted by atomic mass is 10.2. The van der Waals surface area contributed by atoms with Crippen LogP contribution in [0.25, 0.3) is 10.9 Å². The quantitative estimate of drug-likeness (QED) is 0.343. The van der Waals surface area contributed by atoms with E-state index in [0.717, 1.165) is 27.1 Å². The summed E-state index contributed by atoms with van der Waals surface area (Å²) in [6.45, 7) is 4.49. The predicted molar refractivity (Wildman–Crippen MR) is 122 cm³/mol. The largest absolute Gasteiger partial charge is 0.350 e. The minimum Gasteiger partial charge on any atom is -0.350 e. The van der Waals surface area contributed by atoms with E-state index in [-0.39, 0.29) is 30.1 Å². The Morgan fingerprint density at radius 2 is 1.91 bits per heavy atom. The number of fused-ring (bicyclic) bond motifs is 1. The van der Waals surface area contributed by atoms with Crippen molar-refractivity contribution < 1.29 is 9.72 Å². The highest BCUT2D eigenvalue weighted by atomic mass is 16.6. The molecule has 0 fully saturated rings. The first kappa shape index (κ1) is 21.9. The molecule has 4 aromatic rings. The summed E-state index contributed by atoms with van der Waals surface area (Å²) >= 11 is 0. The fraction of sp³-hybridized carbons (Fsp3) is 0.217. The number of non-ortho nitro benzene ring substituents is 1. The lowest BCUT2D eigenvalue weighted by molar-refractivity contribution is -0.384. The van der Waals surface area contributed by atoms with E-state index in [1.165, 1.54) is 24.5 Å². The summed E-state index contributed by atoms with van der Waals surface area (Å²) in [4.78, 5) is 39.8. The van der Waals surface area contributed by atoms with E-state index >= 15 is 0 Å². The lowest BCUT2D eigenvalue weighted by Crippen LogP contribution is -2.32. The number of aryl methyl sites for hydroxylation is 1. The lowest BCUT2D eigenvalue weighted by Gasteiger charge is -2.09. The molecule has 0 aliphatic rings. The number of benzene rings is 2. The van der Waals surface area contributed by atoms with Crippen LogP contribution >= 0.6 is 0 Å². The summed E-state index contributed by atoms with van der Waals surface area (Å²) in [5.74, 6) is -0.377. The molecule has 168 valence electrons. The molecule has 4 rings (SSSR count).